The largest absolute Gasteiger partial charge is 0.354 e. The second kappa shape index (κ2) is 7.71. The highest BCUT2D eigenvalue weighted by molar-refractivity contribution is 5.92. The lowest BCUT2D eigenvalue weighted by Gasteiger charge is -2.22. The smallest absolute Gasteiger partial charge is 0.223 e. The highest BCUT2D eigenvalue weighted by Gasteiger charge is 2.17. The van der Waals surface area contributed by atoms with E-state index in [1.807, 2.05) is 13.8 Å². The van der Waals surface area contributed by atoms with Gasteiger partial charge in [-0.2, -0.15) is 0 Å². The van der Waals surface area contributed by atoms with Crippen molar-refractivity contribution in [3.8, 4) is 0 Å². The minimum atomic E-state index is -0.826. The monoisotopic (exact) mass is 298 g/mol. The normalized spacial score (nSPS) is 11.9. The first kappa shape index (κ1) is 17.1. The fraction of sp³-hybridized carbons (Fsp3) is 0.467. The number of nitrogens with one attached hydrogen (secondary N) is 1. The van der Waals surface area contributed by atoms with Crippen LogP contribution in [0.25, 0.3) is 0 Å². The first-order valence-corrected chi connectivity index (χ1v) is 6.87. The van der Waals surface area contributed by atoms with E-state index in [0.29, 0.717) is 6.07 Å². The Morgan fingerprint density at radius 3 is 2.52 bits per heavy atom. The molecule has 1 rings (SSSR count). The van der Waals surface area contributed by atoms with Crippen LogP contribution in [0.2, 0.25) is 0 Å². The first-order chi connectivity index (χ1) is 9.85. The molecule has 1 aromatic rings. The Morgan fingerprint density at radius 2 is 2.00 bits per heavy atom. The zero-order valence-electron chi connectivity index (χ0n) is 12.5. The summed E-state index contributed by atoms with van der Waals surface area (Å²) in [5, 5.41) is 2.77. The van der Waals surface area contributed by atoms with Crippen LogP contribution in [0.3, 0.4) is 0 Å². The Bertz CT molecular complexity index is 520. The number of hydrogen-bond donors (Lipinski definition) is 1. The summed E-state index contributed by atoms with van der Waals surface area (Å²) in [4.78, 5) is 24.4. The van der Waals surface area contributed by atoms with Gasteiger partial charge in [-0.15, -0.1) is 0 Å². The summed E-state index contributed by atoms with van der Waals surface area (Å²) in [7, 11) is 0. The fourth-order valence-corrected chi connectivity index (χ4v) is 1.81. The lowest BCUT2D eigenvalue weighted by Crippen LogP contribution is -2.37. The van der Waals surface area contributed by atoms with Crippen molar-refractivity contribution in [3.63, 3.8) is 0 Å². The zero-order valence-corrected chi connectivity index (χ0v) is 12.5. The third-order valence-electron chi connectivity index (χ3n) is 3.16. The molecule has 1 atom stereocenters. The topological polar surface area (TPSA) is 49.4 Å². The molecular weight excluding hydrogens is 278 g/mol. The van der Waals surface area contributed by atoms with Crippen LogP contribution < -0.4 is 10.2 Å². The summed E-state index contributed by atoms with van der Waals surface area (Å²) in [5.74, 6) is -2.16. The summed E-state index contributed by atoms with van der Waals surface area (Å²) in [6, 6.07) is 3.03. The standard InChI is InChI=1S/C15H20F2N2O2/c1-4-10(2)18-15(21)7-8-19(11(3)20)14-6-5-12(16)9-13(14)17/h5-6,9-10H,4,7-8H2,1-3H3,(H,18,21). The predicted octanol–water partition coefficient (Wildman–Crippen LogP) is 2.62. The number of rotatable bonds is 6. The van der Waals surface area contributed by atoms with Crippen LogP contribution in [-0.4, -0.2) is 24.4 Å². The molecule has 2 amide bonds. The number of hydrogen-bond acceptors (Lipinski definition) is 2. The average molecular weight is 298 g/mol. The van der Waals surface area contributed by atoms with E-state index in [0.717, 1.165) is 17.4 Å². The van der Waals surface area contributed by atoms with Crippen LogP contribution in [0.15, 0.2) is 18.2 Å². The SMILES string of the molecule is CCC(C)NC(=O)CCN(C(C)=O)c1ccc(F)cc1F. The van der Waals surface area contributed by atoms with Gasteiger partial charge in [-0.3, -0.25) is 9.59 Å². The molecule has 0 fully saturated rings. The van der Waals surface area contributed by atoms with Crippen LogP contribution in [0.5, 0.6) is 0 Å². The van der Waals surface area contributed by atoms with Crippen molar-refractivity contribution >= 4 is 17.5 Å². The third kappa shape index (κ3) is 5.13. The van der Waals surface area contributed by atoms with Crippen molar-refractivity contribution in [1.29, 1.82) is 0 Å². The lowest BCUT2D eigenvalue weighted by molar-refractivity contribution is -0.121. The minimum absolute atomic E-state index is 0.0276. The van der Waals surface area contributed by atoms with Crippen LogP contribution in [0.1, 0.15) is 33.6 Å². The van der Waals surface area contributed by atoms with Gasteiger partial charge in [-0.1, -0.05) is 6.92 Å². The van der Waals surface area contributed by atoms with E-state index >= 15 is 0 Å². The second-order valence-corrected chi connectivity index (χ2v) is 4.89. The van der Waals surface area contributed by atoms with E-state index in [4.69, 9.17) is 0 Å². The molecule has 21 heavy (non-hydrogen) atoms. The first-order valence-electron chi connectivity index (χ1n) is 6.87. The molecule has 4 nitrogen and oxygen atoms in total. The molecule has 0 saturated heterocycles. The van der Waals surface area contributed by atoms with Gasteiger partial charge in [0.15, 0.2) is 0 Å². The molecule has 0 aliphatic carbocycles. The van der Waals surface area contributed by atoms with Gasteiger partial charge >= 0.3 is 0 Å². The number of amides is 2. The number of anilines is 1. The number of halogens is 2. The van der Waals surface area contributed by atoms with Crippen molar-refractivity contribution < 1.29 is 18.4 Å². The van der Waals surface area contributed by atoms with Gasteiger partial charge < -0.3 is 10.2 Å². The van der Waals surface area contributed by atoms with Crippen LogP contribution in [0, 0.1) is 11.6 Å². The van der Waals surface area contributed by atoms with E-state index in [1.54, 1.807) is 0 Å². The van der Waals surface area contributed by atoms with Gasteiger partial charge in [0.05, 0.1) is 5.69 Å². The summed E-state index contributed by atoms with van der Waals surface area (Å²) in [6.07, 6.45) is 0.857. The minimum Gasteiger partial charge on any atom is -0.354 e. The molecule has 0 aromatic heterocycles. The van der Waals surface area contributed by atoms with E-state index in [1.165, 1.54) is 13.0 Å². The number of nitrogens with zero attached hydrogens (tertiary/aromatic N) is 1. The quantitative estimate of drug-likeness (QED) is 0.877. The van der Waals surface area contributed by atoms with E-state index < -0.39 is 17.5 Å². The van der Waals surface area contributed by atoms with E-state index in [-0.39, 0.29) is 30.6 Å². The number of benzene rings is 1. The molecule has 6 heteroatoms. The van der Waals surface area contributed by atoms with Gasteiger partial charge in [0.25, 0.3) is 0 Å². The van der Waals surface area contributed by atoms with Crippen molar-refractivity contribution in [2.75, 3.05) is 11.4 Å². The van der Waals surface area contributed by atoms with Crippen molar-refractivity contribution in [3.05, 3.63) is 29.8 Å². The number of carbonyl (C=O) groups is 2. The summed E-state index contributed by atoms with van der Waals surface area (Å²) in [5.41, 5.74) is -0.0276. The van der Waals surface area contributed by atoms with Crippen molar-refractivity contribution in [1.82, 2.24) is 5.32 Å². The van der Waals surface area contributed by atoms with Crippen molar-refractivity contribution in [2.24, 2.45) is 0 Å². The van der Waals surface area contributed by atoms with Gasteiger partial charge in [0.2, 0.25) is 11.8 Å². The molecule has 1 N–H and O–H groups in total. The summed E-state index contributed by atoms with van der Waals surface area (Å²) >= 11 is 0. The molecule has 0 bridgehead atoms. The lowest BCUT2D eigenvalue weighted by atomic mass is 10.2. The van der Waals surface area contributed by atoms with E-state index in [2.05, 4.69) is 5.32 Å². The third-order valence-corrected chi connectivity index (χ3v) is 3.16. The Labute approximate surface area is 123 Å². The molecule has 0 spiro atoms. The molecule has 0 aliphatic rings. The van der Waals surface area contributed by atoms with Gasteiger partial charge in [0, 0.05) is 32.0 Å². The van der Waals surface area contributed by atoms with Gasteiger partial charge in [0.1, 0.15) is 11.6 Å². The summed E-state index contributed by atoms with van der Waals surface area (Å²) in [6.45, 7) is 5.14. The molecule has 116 valence electrons. The Balaban J connectivity index is 2.75. The van der Waals surface area contributed by atoms with Crippen LogP contribution in [-0.2, 0) is 9.59 Å². The Kier molecular flexibility index (Phi) is 6.27. The molecular formula is C15H20F2N2O2. The second-order valence-electron chi connectivity index (χ2n) is 4.89. The van der Waals surface area contributed by atoms with Crippen LogP contribution in [0.4, 0.5) is 14.5 Å². The maximum atomic E-state index is 13.7. The highest BCUT2D eigenvalue weighted by atomic mass is 19.1. The molecule has 0 radical (unpaired) electrons. The van der Waals surface area contributed by atoms with Gasteiger partial charge in [-0.05, 0) is 25.5 Å². The Morgan fingerprint density at radius 1 is 1.33 bits per heavy atom. The molecule has 1 aromatic carbocycles. The van der Waals surface area contributed by atoms with Gasteiger partial charge in [-0.25, -0.2) is 8.78 Å². The fourth-order valence-electron chi connectivity index (χ4n) is 1.81. The average Bonchev–Trinajstić information content (AvgIpc) is 2.40. The summed E-state index contributed by atoms with van der Waals surface area (Å²) < 4.78 is 26.6. The molecule has 0 heterocycles. The predicted molar refractivity (Wildman–Crippen MR) is 76.9 cm³/mol. The zero-order chi connectivity index (χ0) is 16.0. The molecule has 1 unspecified atom stereocenters. The van der Waals surface area contributed by atoms with Crippen molar-refractivity contribution in [2.45, 2.75) is 39.7 Å². The Hall–Kier alpha value is -1.98. The number of carbonyl (C=O) groups excluding carboxylic acids is 2. The molecule has 0 saturated carbocycles. The van der Waals surface area contributed by atoms with Crippen LogP contribution >= 0.6 is 0 Å². The molecule has 0 aliphatic heterocycles. The maximum Gasteiger partial charge on any atom is 0.223 e. The highest BCUT2D eigenvalue weighted by Crippen LogP contribution is 2.20. The van der Waals surface area contributed by atoms with E-state index in [9.17, 15) is 18.4 Å². The maximum absolute atomic E-state index is 13.7.